The summed E-state index contributed by atoms with van der Waals surface area (Å²) in [4.78, 5) is 24.8. The zero-order valence-corrected chi connectivity index (χ0v) is 15.5. The molecule has 0 aliphatic carbocycles. The number of phenolic OH excluding ortho intramolecular Hbond substituents is 1. The normalized spacial score (nSPS) is 10.1. The van der Waals surface area contributed by atoms with Crippen LogP contribution in [0.1, 0.15) is 11.1 Å². The van der Waals surface area contributed by atoms with Gasteiger partial charge >= 0.3 is 12.2 Å². The van der Waals surface area contributed by atoms with Gasteiger partial charge in [-0.15, -0.1) is 0 Å². The number of carbonyl (C=O) groups is 2. The molecule has 0 atom stereocenters. The highest BCUT2D eigenvalue weighted by molar-refractivity contribution is 5.90. The summed E-state index contributed by atoms with van der Waals surface area (Å²) in [6.45, 7) is 0.0875. The number of hydrazine groups is 1. The van der Waals surface area contributed by atoms with E-state index in [-0.39, 0.29) is 19.0 Å². The van der Waals surface area contributed by atoms with Crippen LogP contribution in [0.15, 0.2) is 84.9 Å². The summed E-state index contributed by atoms with van der Waals surface area (Å²) >= 11 is 0. The number of nitrogens with one attached hydrogen (secondary N) is 1. The van der Waals surface area contributed by atoms with Crippen LogP contribution in [-0.2, 0) is 22.7 Å². The molecule has 7 nitrogen and oxygen atoms in total. The molecular weight excluding hydrogens is 372 g/mol. The first-order chi connectivity index (χ1) is 14.1. The van der Waals surface area contributed by atoms with E-state index in [4.69, 9.17) is 9.47 Å². The molecule has 0 spiro atoms. The number of hydrogen-bond donors (Lipinski definition) is 2. The zero-order chi connectivity index (χ0) is 20.5. The SMILES string of the molecule is O=C(NN(C(=O)OCc1ccccc1)c1ccc(O)cc1)OCc1ccccc1. The molecular formula is C22H20N2O5. The van der Waals surface area contributed by atoms with Gasteiger partial charge in [0.15, 0.2) is 0 Å². The number of phenols is 1. The Hall–Kier alpha value is -4.00. The van der Waals surface area contributed by atoms with Gasteiger partial charge in [-0.05, 0) is 35.4 Å². The first-order valence-electron chi connectivity index (χ1n) is 8.89. The molecule has 0 fully saturated rings. The van der Waals surface area contributed by atoms with E-state index in [1.54, 1.807) is 0 Å². The summed E-state index contributed by atoms with van der Waals surface area (Å²) in [6, 6.07) is 24.1. The smallest absolute Gasteiger partial charge is 0.433 e. The average molecular weight is 392 g/mol. The van der Waals surface area contributed by atoms with Gasteiger partial charge < -0.3 is 14.6 Å². The van der Waals surface area contributed by atoms with Crippen molar-refractivity contribution in [2.75, 3.05) is 5.01 Å². The minimum atomic E-state index is -0.821. The lowest BCUT2D eigenvalue weighted by Gasteiger charge is -2.22. The van der Waals surface area contributed by atoms with Crippen LogP contribution in [0.4, 0.5) is 15.3 Å². The zero-order valence-electron chi connectivity index (χ0n) is 15.5. The van der Waals surface area contributed by atoms with Crippen molar-refractivity contribution in [1.29, 1.82) is 0 Å². The van der Waals surface area contributed by atoms with Crippen LogP contribution in [0, 0.1) is 0 Å². The van der Waals surface area contributed by atoms with E-state index >= 15 is 0 Å². The maximum Gasteiger partial charge on any atom is 0.433 e. The van der Waals surface area contributed by atoms with Crippen LogP contribution < -0.4 is 10.4 Å². The first kappa shape index (κ1) is 19.8. The van der Waals surface area contributed by atoms with Crippen molar-refractivity contribution in [3.05, 3.63) is 96.1 Å². The standard InChI is InChI=1S/C22H20N2O5/c25-20-13-11-19(12-14-20)24(22(27)29-16-18-9-5-2-6-10-18)23-21(26)28-15-17-7-3-1-4-8-17/h1-14,25H,15-16H2,(H,23,26). The fourth-order valence-corrected chi connectivity index (χ4v) is 2.45. The molecule has 0 unspecified atom stereocenters. The minimum Gasteiger partial charge on any atom is -0.508 e. The molecule has 7 heteroatoms. The molecule has 0 saturated carbocycles. The highest BCUT2D eigenvalue weighted by atomic mass is 16.6. The second-order valence-electron chi connectivity index (χ2n) is 6.07. The molecule has 148 valence electrons. The van der Waals surface area contributed by atoms with Crippen molar-refractivity contribution in [3.8, 4) is 5.75 Å². The van der Waals surface area contributed by atoms with Gasteiger partial charge in [0.05, 0.1) is 5.69 Å². The third kappa shape index (κ3) is 6.00. The van der Waals surface area contributed by atoms with Crippen molar-refractivity contribution in [1.82, 2.24) is 5.43 Å². The van der Waals surface area contributed by atoms with Gasteiger partial charge in [0, 0.05) is 0 Å². The highest BCUT2D eigenvalue weighted by Crippen LogP contribution is 2.18. The molecule has 0 bridgehead atoms. The first-order valence-corrected chi connectivity index (χ1v) is 8.89. The molecule has 3 aromatic rings. The molecule has 0 aliphatic heterocycles. The quantitative estimate of drug-likeness (QED) is 0.629. The fourth-order valence-electron chi connectivity index (χ4n) is 2.45. The number of ether oxygens (including phenoxy) is 2. The van der Waals surface area contributed by atoms with Crippen LogP contribution >= 0.6 is 0 Å². The van der Waals surface area contributed by atoms with Gasteiger partial charge in [-0.25, -0.2) is 15.0 Å². The second kappa shape index (κ2) is 9.80. The van der Waals surface area contributed by atoms with E-state index in [0.717, 1.165) is 16.1 Å². The number of carbonyl (C=O) groups excluding carboxylic acids is 2. The lowest BCUT2D eigenvalue weighted by molar-refractivity contribution is 0.126. The number of amides is 2. The van der Waals surface area contributed by atoms with Crippen molar-refractivity contribution in [3.63, 3.8) is 0 Å². The lowest BCUT2D eigenvalue weighted by atomic mass is 10.2. The Morgan fingerprint density at radius 3 is 1.83 bits per heavy atom. The van der Waals surface area contributed by atoms with Gasteiger partial charge in [0.25, 0.3) is 0 Å². The Morgan fingerprint density at radius 2 is 1.28 bits per heavy atom. The van der Waals surface area contributed by atoms with Gasteiger partial charge in [0.1, 0.15) is 19.0 Å². The van der Waals surface area contributed by atoms with E-state index in [9.17, 15) is 14.7 Å². The van der Waals surface area contributed by atoms with Crippen molar-refractivity contribution in [2.45, 2.75) is 13.2 Å². The fraction of sp³-hybridized carbons (Fsp3) is 0.0909. The van der Waals surface area contributed by atoms with E-state index in [2.05, 4.69) is 5.43 Å². The number of hydrogen-bond acceptors (Lipinski definition) is 5. The molecule has 0 heterocycles. The summed E-state index contributed by atoms with van der Waals surface area (Å²) < 4.78 is 10.5. The van der Waals surface area contributed by atoms with E-state index in [1.165, 1.54) is 24.3 Å². The molecule has 0 aromatic heterocycles. The average Bonchev–Trinajstić information content (AvgIpc) is 2.76. The predicted octanol–water partition coefficient (Wildman–Crippen LogP) is 4.38. The Bertz CT molecular complexity index is 930. The van der Waals surface area contributed by atoms with Gasteiger partial charge in [-0.2, -0.15) is 5.01 Å². The van der Waals surface area contributed by atoms with Crippen molar-refractivity contribution < 1.29 is 24.2 Å². The summed E-state index contributed by atoms with van der Waals surface area (Å²) in [5, 5.41) is 10.4. The Morgan fingerprint density at radius 1 is 0.759 bits per heavy atom. The van der Waals surface area contributed by atoms with Crippen LogP contribution in [0.25, 0.3) is 0 Å². The number of nitrogens with zero attached hydrogens (tertiary/aromatic N) is 1. The number of anilines is 1. The lowest BCUT2D eigenvalue weighted by Crippen LogP contribution is -2.47. The van der Waals surface area contributed by atoms with Crippen molar-refractivity contribution >= 4 is 17.9 Å². The molecule has 29 heavy (non-hydrogen) atoms. The van der Waals surface area contributed by atoms with Gasteiger partial charge in [-0.1, -0.05) is 60.7 Å². The maximum atomic E-state index is 12.6. The number of rotatable bonds is 5. The number of benzene rings is 3. The van der Waals surface area contributed by atoms with Crippen LogP contribution in [0.5, 0.6) is 5.75 Å². The van der Waals surface area contributed by atoms with Gasteiger partial charge in [0.2, 0.25) is 0 Å². The Kier molecular flexibility index (Phi) is 6.67. The van der Waals surface area contributed by atoms with E-state index in [0.29, 0.717) is 5.69 Å². The molecule has 0 radical (unpaired) electrons. The van der Waals surface area contributed by atoms with E-state index < -0.39 is 12.2 Å². The monoisotopic (exact) mass is 392 g/mol. The largest absolute Gasteiger partial charge is 0.508 e. The van der Waals surface area contributed by atoms with Crippen LogP contribution in [0.2, 0.25) is 0 Å². The molecule has 0 saturated heterocycles. The molecule has 2 amide bonds. The maximum absolute atomic E-state index is 12.6. The summed E-state index contributed by atoms with van der Waals surface area (Å²) in [7, 11) is 0. The van der Waals surface area contributed by atoms with Crippen LogP contribution in [-0.4, -0.2) is 17.3 Å². The third-order valence-corrected chi connectivity index (χ3v) is 3.91. The molecule has 3 rings (SSSR count). The number of aromatic hydroxyl groups is 1. The summed E-state index contributed by atoms with van der Waals surface area (Å²) in [5.41, 5.74) is 4.29. The second-order valence-corrected chi connectivity index (χ2v) is 6.07. The topological polar surface area (TPSA) is 88.1 Å². The Balaban J connectivity index is 1.66. The van der Waals surface area contributed by atoms with Crippen LogP contribution in [0.3, 0.4) is 0 Å². The summed E-state index contributed by atoms with van der Waals surface area (Å²) in [6.07, 6.45) is -1.62. The summed E-state index contributed by atoms with van der Waals surface area (Å²) in [5.74, 6) is 0.0259. The van der Waals surface area contributed by atoms with Crippen molar-refractivity contribution in [2.24, 2.45) is 0 Å². The Labute approximate surface area is 168 Å². The molecule has 0 aliphatic rings. The molecule has 3 aromatic carbocycles. The molecule has 2 N–H and O–H groups in total. The van der Waals surface area contributed by atoms with Gasteiger partial charge in [-0.3, -0.25) is 0 Å². The minimum absolute atomic E-state index is 0.0259. The highest BCUT2D eigenvalue weighted by Gasteiger charge is 2.21. The predicted molar refractivity (Wildman–Crippen MR) is 107 cm³/mol. The van der Waals surface area contributed by atoms with E-state index in [1.807, 2.05) is 60.7 Å². The third-order valence-electron chi connectivity index (χ3n) is 3.91.